The molecule has 0 bridgehead atoms. The first-order valence-electron chi connectivity index (χ1n) is 5.34. The van der Waals surface area contributed by atoms with Gasteiger partial charge in [0.05, 0.1) is 7.11 Å². The molecule has 2 rings (SSSR count). The molecule has 0 saturated carbocycles. The summed E-state index contributed by atoms with van der Waals surface area (Å²) in [5.41, 5.74) is 1.04. The molecule has 0 unspecified atom stereocenters. The first-order valence-corrected chi connectivity index (χ1v) is 5.34. The monoisotopic (exact) mass is 221 g/mol. The predicted octanol–water partition coefficient (Wildman–Crippen LogP) is 0.858. The molecular weight excluding hydrogens is 205 g/mol. The molecule has 5 heteroatoms. The van der Waals surface area contributed by atoms with E-state index in [-0.39, 0.29) is 12.5 Å². The van der Waals surface area contributed by atoms with Crippen LogP contribution in [0.2, 0.25) is 0 Å². The zero-order valence-corrected chi connectivity index (χ0v) is 9.90. The Kier molecular flexibility index (Phi) is 3.16. The van der Waals surface area contributed by atoms with Gasteiger partial charge in [-0.25, -0.2) is 4.98 Å². The molecule has 4 nitrogen and oxygen atoms in total. The number of rotatable bonds is 2. The van der Waals surface area contributed by atoms with Crippen LogP contribution in [0.3, 0.4) is 0 Å². The first-order chi connectivity index (χ1) is 7.61. The van der Waals surface area contributed by atoms with E-state index in [1.165, 1.54) is 0 Å². The van der Waals surface area contributed by atoms with Gasteiger partial charge in [0.1, 0.15) is 0 Å². The predicted molar refractivity (Wildman–Crippen MR) is 61.9 cm³/mol. The third kappa shape index (κ3) is 2.54. The summed E-state index contributed by atoms with van der Waals surface area (Å²) in [4.78, 5) is 4.05. The summed E-state index contributed by atoms with van der Waals surface area (Å²) in [5.74, 6) is 0.578. The quantitative estimate of drug-likeness (QED) is 0.694. The highest BCUT2D eigenvalue weighted by molar-refractivity contribution is 6.61. The van der Waals surface area contributed by atoms with Gasteiger partial charge in [0, 0.05) is 30.9 Å². The lowest BCUT2D eigenvalue weighted by atomic mass is 9.76. The number of aromatic nitrogens is 1. The summed E-state index contributed by atoms with van der Waals surface area (Å²) in [6.07, 6.45) is 1.70. The lowest BCUT2D eigenvalue weighted by molar-refractivity contribution is 0.0343. The van der Waals surface area contributed by atoms with Crippen LogP contribution in [-0.4, -0.2) is 32.4 Å². The van der Waals surface area contributed by atoms with Gasteiger partial charge in [-0.05, 0) is 11.5 Å². The molecule has 1 saturated heterocycles. The van der Waals surface area contributed by atoms with Gasteiger partial charge in [-0.15, -0.1) is 0 Å². The third-order valence-electron chi connectivity index (χ3n) is 2.49. The Hall–Kier alpha value is -1.07. The van der Waals surface area contributed by atoms with Gasteiger partial charge < -0.3 is 14.0 Å². The number of pyridine rings is 1. The molecule has 0 radical (unpaired) electrons. The Bertz CT molecular complexity index is 360. The lowest BCUT2D eigenvalue weighted by Crippen LogP contribution is -2.47. The average Bonchev–Trinajstić information content (AvgIpc) is 2.29. The summed E-state index contributed by atoms with van der Waals surface area (Å²) in [6, 6.07) is 3.72. The van der Waals surface area contributed by atoms with Crippen LogP contribution in [0.15, 0.2) is 18.3 Å². The summed E-state index contributed by atoms with van der Waals surface area (Å²) in [7, 11) is 1.29. The fraction of sp³-hybridized carbons (Fsp3) is 0.545. The van der Waals surface area contributed by atoms with Crippen molar-refractivity contribution in [2.24, 2.45) is 5.41 Å². The maximum absolute atomic E-state index is 5.67. The van der Waals surface area contributed by atoms with Crippen molar-refractivity contribution in [2.45, 2.75) is 13.8 Å². The molecule has 86 valence electrons. The van der Waals surface area contributed by atoms with E-state index < -0.39 is 0 Å². The molecule has 1 aromatic rings. The van der Waals surface area contributed by atoms with Crippen molar-refractivity contribution in [1.82, 2.24) is 4.98 Å². The van der Waals surface area contributed by atoms with Crippen molar-refractivity contribution in [3.05, 3.63) is 18.3 Å². The molecule has 1 fully saturated rings. The van der Waals surface area contributed by atoms with Crippen LogP contribution in [-0.2, 0) is 9.31 Å². The molecule has 2 heterocycles. The van der Waals surface area contributed by atoms with E-state index in [4.69, 9.17) is 14.0 Å². The van der Waals surface area contributed by atoms with E-state index in [1.807, 2.05) is 12.1 Å². The fourth-order valence-electron chi connectivity index (χ4n) is 1.57. The molecule has 0 atom stereocenters. The number of nitrogens with zero attached hydrogens (tertiary/aromatic N) is 1. The van der Waals surface area contributed by atoms with Crippen LogP contribution < -0.4 is 10.2 Å². The van der Waals surface area contributed by atoms with Gasteiger partial charge in [-0.1, -0.05) is 13.8 Å². The van der Waals surface area contributed by atoms with Gasteiger partial charge in [0.2, 0.25) is 5.88 Å². The van der Waals surface area contributed by atoms with Crippen LogP contribution in [0, 0.1) is 5.41 Å². The Morgan fingerprint density at radius 2 is 2.06 bits per heavy atom. The highest BCUT2D eigenvalue weighted by Gasteiger charge is 2.33. The topological polar surface area (TPSA) is 40.6 Å². The number of hydrogen-bond acceptors (Lipinski definition) is 4. The van der Waals surface area contributed by atoms with Gasteiger partial charge in [-0.2, -0.15) is 0 Å². The summed E-state index contributed by atoms with van der Waals surface area (Å²) in [5, 5.41) is 0. The molecule has 0 N–H and O–H groups in total. The van der Waals surface area contributed by atoms with E-state index in [9.17, 15) is 0 Å². The zero-order chi connectivity index (χ0) is 11.6. The largest absolute Gasteiger partial charge is 0.494 e. The SMILES string of the molecule is COc1cc(B2OCC(C)(C)CO2)ccn1. The van der Waals surface area contributed by atoms with E-state index in [1.54, 1.807) is 13.3 Å². The van der Waals surface area contributed by atoms with Crippen LogP contribution in [0.5, 0.6) is 5.88 Å². The smallest absolute Gasteiger partial charge is 0.481 e. The fourth-order valence-corrected chi connectivity index (χ4v) is 1.57. The van der Waals surface area contributed by atoms with Crippen LogP contribution >= 0.6 is 0 Å². The second-order valence-corrected chi connectivity index (χ2v) is 4.75. The van der Waals surface area contributed by atoms with Crippen LogP contribution in [0.25, 0.3) is 0 Å². The van der Waals surface area contributed by atoms with E-state index in [0.717, 1.165) is 5.46 Å². The molecule has 0 spiro atoms. The third-order valence-corrected chi connectivity index (χ3v) is 2.49. The average molecular weight is 221 g/mol. The maximum Gasteiger partial charge on any atom is 0.494 e. The number of methoxy groups -OCH3 is 1. The van der Waals surface area contributed by atoms with Crippen molar-refractivity contribution in [3.8, 4) is 5.88 Å². The summed E-state index contributed by atoms with van der Waals surface area (Å²) in [6.45, 7) is 5.64. The number of hydrogen-bond donors (Lipinski definition) is 0. The number of ether oxygens (including phenoxy) is 1. The van der Waals surface area contributed by atoms with Gasteiger partial charge in [0.25, 0.3) is 0 Å². The molecule has 0 aliphatic carbocycles. The molecule has 0 aromatic carbocycles. The lowest BCUT2D eigenvalue weighted by Gasteiger charge is -2.33. The molecule has 0 amide bonds. The molecule has 16 heavy (non-hydrogen) atoms. The highest BCUT2D eigenvalue weighted by Crippen LogP contribution is 2.21. The minimum Gasteiger partial charge on any atom is -0.481 e. The second kappa shape index (κ2) is 4.43. The Labute approximate surface area is 96.1 Å². The van der Waals surface area contributed by atoms with Gasteiger partial charge in [-0.3, -0.25) is 0 Å². The molecule has 1 aliphatic rings. The van der Waals surface area contributed by atoms with Gasteiger partial charge >= 0.3 is 7.12 Å². The molecular formula is C11H16BNO3. The van der Waals surface area contributed by atoms with Crippen molar-refractivity contribution in [1.29, 1.82) is 0 Å². The Balaban J connectivity index is 2.08. The maximum atomic E-state index is 5.67. The van der Waals surface area contributed by atoms with E-state index in [2.05, 4.69) is 18.8 Å². The van der Waals surface area contributed by atoms with Crippen molar-refractivity contribution < 1.29 is 14.0 Å². The zero-order valence-electron chi connectivity index (χ0n) is 9.90. The minimum atomic E-state index is -0.301. The summed E-state index contributed by atoms with van der Waals surface area (Å²) >= 11 is 0. The van der Waals surface area contributed by atoms with E-state index in [0.29, 0.717) is 19.1 Å². The Morgan fingerprint density at radius 1 is 1.38 bits per heavy atom. The van der Waals surface area contributed by atoms with Crippen LogP contribution in [0.1, 0.15) is 13.8 Å². The first kappa shape index (κ1) is 11.4. The minimum absolute atomic E-state index is 0.0909. The van der Waals surface area contributed by atoms with E-state index >= 15 is 0 Å². The van der Waals surface area contributed by atoms with Gasteiger partial charge in [0.15, 0.2) is 0 Å². The van der Waals surface area contributed by atoms with Crippen LogP contribution in [0.4, 0.5) is 0 Å². The van der Waals surface area contributed by atoms with Crippen molar-refractivity contribution in [3.63, 3.8) is 0 Å². The molecule has 1 aromatic heterocycles. The Morgan fingerprint density at radius 3 is 2.69 bits per heavy atom. The van der Waals surface area contributed by atoms with Crippen molar-refractivity contribution >= 4 is 12.6 Å². The highest BCUT2D eigenvalue weighted by atomic mass is 16.6. The van der Waals surface area contributed by atoms with Crippen molar-refractivity contribution in [2.75, 3.05) is 20.3 Å². The standard InChI is InChI=1S/C11H16BNO3/c1-11(2)7-15-12(16-8-11)9-4-5-13-10(6-9)14-3/h4-6H,7-8H2,1-3H3. The molecule has 1 aliphatic heterocycles. The summed E-state index contributed by atoms with van der Waals surface area (Å²) < 4.78 is 16.4. The normalized spacial score (nSPS) is 19.6. The second-order valence-electron chi connectivity index (χ2n) is 4.75.